The maximum atomic E-state index is 12.5. The van der Waals surface area contributed by atoms with Crippen molar-refractivity contribution in [3.05, 3.63) is 59.0 Å². The number of barbiturate groups is 1. The van der Waals surface area contributed by atoms with Crippen LogP contribution < -0.4 is 10.2 Å². The average molecular weight is 317 g/mol. The van der Waals surface area contributed by atoms with Crippen LogP contribution in [0.5, 0.6) is 0 Å². The highest BCUT2D eigenvalue weighted by molar-refractivity contribution is 6.39. The van der Waals surface area contributed by atoms with Gasteiger partial charge in [-0.05, 0) is 42.5 Å². The van der Waals surface area contributed by atoms with Gasteiger partial charge in [0.05, 0.1) is 12.0 Å². The monoisotopic (exact) mass is 316 g/mol. The minimum absolute atomic E-state index is 0.190. The first kappa shape index (κ1) is 14.1. The molecule has 3 rings (SSSR count). The molecule has 110 valence electrons. The molecule has 1 aliphatic rings. The third-order valence-corrected chi connectivity index (χ3v) is 3.27. The van der Waals surface area contributed by atoms with Gasteiger partial charge in [0.1, 0.15) is 11.3 Å². The number of hydrogen-bond acceptors (Lipinski definition) is 4. The van der Waals surface area contributed by atoms with Crippen LogP contribution in [0, 0.1) is 0 Å². The fourth-order valence-corrected chi connectivity index (χ4v) is 2.12. The lowest BCUT2D eigenvalue weighted by molar-refractivity contribution is -0.122. The first-order valence-electron chi connectivity index (χ1n) is 6.27. The highest BCUT2D eigenvalue weighted by atomic mass is 35.5. The molecule has 0 spiro atoms. The molecular formula is C15H9ClN2O4. The van der Waals surface area contributed by atoms with Crippen LogP contribution in [0.3, 0.4) is 0 Å². The van der Waals surface area contributed by atoms with E-state index >= 15 is 0 Å². The van der Waals surface area contributed by atoms with Crippen molar-refractivity contribution < 1.29 is 18.8 Å². The molecule has 22 heavy (non-hydrogen) atoms. The first-order chi connectivity index (χ1) is 10.6. The van der Waals surface area contributed by atoms with E-state index in [9.17, 15) is 14.4 Å². The zero-order valence-corrected chi connectivity index (χ0v) is 11.8. The number of nitrogens with zero attached hydrogens (tertiary/aromatic N) is 1. The quantitative estimate of drug-likeness (QED) is 0.682. The van der Waals surface area contributed by atoms with Crippen molar-refractivity contribution in [1.29, 1.82) is 0 Å². The summed E-state index contributed by atoms with van der Waals surface area (Å²) in [6, 6.07) is 8.53. The van der Waals surface area contributed by atoms with Crippen molar-refractivity contribution in [2.24, 2.45) is 0 Å². The Hall–Kier alpha value is -2.86. The summed E-state index contributed by atoms with van der Waals surface area (Å²) in [6.45, 7) is 0. The second kappa shape index (κ2) is 5.50. The number of halogens is 1. The molecule has 1 aromatic carbocycles. The summed E-state index contributed by atoms with van der Waals surface area (Å²) in [5.74, 6) is -1.16. The van der Waals surface area contributed by atoms with E-state index in [4.69, 9.17) is 16.0 Å². The molecule has 1 fully saturated rings. The van der Waals surface area contributed by atoms with Gasteiger partial charge in [-0.3, -0.25) is 14.9 Å². The highest BCUT2D eigenvalue weighted by Crippen LogP contribution is 2.23. The van der Waals surface area contributed by atoms with E-state index < -0.39 is 17.8 Å². The number of benzene rings is 1. The van der Waals surface area contributed by atoms with Gasteiger partial charge in [0.15, 0.2) is 0 Å². The summed E-state index contributed by atoms with van der Waals surface area (Å²) in [4.78, 5) is 37.1. The van der Waals surface area contributed by atoms with Crippen molar-refractivity contribution >= 4 is 41.2 Å². The fourth-order valence-electron chi connectivity index (χ4n) is 2.00. The number of urea groups is 1. The van der Waals surface area contributed by atoms with E-state index in [0.717, 1.165) is 4.90 Å². The molecule has 7 heteroatoms. The van der Waals surface area contributed by atoms with Gasteiger partial charge >= 0.3 is 6.03 Å². The lowest BCUT2D eigenvalue weighted by atomic mass is 10.1. The fraction of sp³-hybridized carbons (Fsp3) is 0. The second-order valence-electron chi connectivity index (χ2n) is 4.45. The standard InChI is InChI=1S/C15H9ClN2O4/c16-9-3-5-10(6-4-9)18-14(20)12(13(19)17-15(18)21)8-11-2-1-7-22-11/h1-8H,(H,17,19,21)/b12-8-. The van der Waals surface area contributed by atoms with Gasteiger partial charge in [-0.1, -0.05) is 11.6 Å². The maximum absolute atomic E-state index is 12.5. The number of carbonyl (C=O) groups excluding carboxylic acids is 3. The number of carbonyl (C=O) groups is 3. The summed E-state index contributed by atoms with van der Waals surface area (Å²) in [6.07, 6.45) is 2.70. The predicted molar refractivity (Wildman–Crippen MR) is 79.2 cm³/mol. The summed E-state index contributed by atoms with van der Waals surface area (Å²) in [5, 5.41) is 2.59. The third kappa shape index (κ3) is 2.51. The SMILES string of the molecule is O=C1NC(=O)N(c2ccc(Cl)cc2)C(=O)/C1=C\c1ccco1. The number of rotatable bonds is 2. The van der Waals surface area contributed by atoms with Gasteiger partial charge in [0.2, 0.25) is 0 Å². The molecule has 1 aliphatic heterocycles. The van der Waals surface area contributed by atoms with Gasteiger partial charge < -0.3 is 4.42 Å². The summed E-state index contributed by atoms with van der Waals surface area (Å²) in [5.41, 5.74) is 0.120. The minimum Gasteiger partial charge on any atom is -0.465 e. The molecule has 1 aromatic heterocycles. The topological polar surface area (TPSA) is 79.6 Å². The lowest BCUT2D eigenvalue weighted by Gasteiger charge is -2.26. The molecule has 0 bridgehead atoms. The largest absolute Gasteiger partial charge is 0.465 e. The summed E-state index contributed by atoms with van der Waals surface area (Å²) >= 11 is 5.79. The van der Waals surface area contributed by atoms with E-state index in [1.165, 1.54) is 24.5 Å². The molecule has 2 aromatic rings. The predicted octanol–water partition coefficient (Wildman–Crippen LogP) is 2.60. The molecule has 0 radical (unpaired) electrons. The Labute approximate surface area is 130 Å². The Morgan fingerprint density at radius 1 is 1.09 bits per heavy atom. The van der Waals surface area contributed by atoms with E-state index in [1.807, 2.05) is 0 Å². The zero-order valence-electron chi connectivity index (χ0n) is 11.1. The lowest BCUT2D eigenvalue weighted by Crippen LogP contribution is -2.54. The number of imide groups is 2. The van der Waals surface area contributed by atoms with Crippen LogP contribution in [0.4, 0.5) is 10.5 Å². The van der Waals surface area contributed by atoms with Gasteiger partial charge in [0, 0.05) is 5.02 Å². The summed E-state index contributed by atoms with van der Waals surface area (Å²) in [7, 11) is 0. The normalized spacial score (nSPS) is 17.0. The molecular weight excluding hydrogens is 308 g/mol. The first-order valence-corrected chi connectivity index (χ1v) is 6.64. The summed E-state index contributed by atoms with van der Waals surface area (Å²) < 4.78 is 5.09. The van der Waals surface area contributed by atoms with E-state index in [2.05, 4.69) is 5.32 Å². The zero-order chi connectivity index (χ0) is 15.7. The smallest absolute Gasteiger partial charge is 0.335 e. The van der Waals surface area contributed by atoms with Gasteiger partial charge in [-0.15, -0.1) is 0 Å². The maximum Gasteiger partial charge on any atom is 0.335 e. The average Bonchev–Trinajstić information content (AvgIpc) is 2.98. The third-order valence-electron chi connectivity index (χ3n) is 3.02. The Balaban J connectivity index is 2.01. The molecule has 2 heterocycles. The molecule has 1 N–H and O–H groups in total. The molecule has 4 amide bonds. The molecule has 1 saturated heterocycles. The Morgan fingerprint density at radius 2 is 1.82 bits per heavy atom. The second-order valence-corrected chi connectivity index (χ2v) is 4.89. The van der Waals surface area contributed by atoms with Crippen molar-refractivity contribution in [1.82, 2.24) is 5.32 Å². The van der Waals surface area contributed by atoms with E-state index in [0.29, 0.717) is 16.5 Å². The van der Waals surface area contributed by atoms with Crippen LogP contribution >= 0.6 is 11.6 Å². The number of furan rings is 1. The van der Waals surface area contributed by atoms with E-state index in [-0.39, 0.29) is 5.57 Å². The number of amides is 4. The van der Waals surface area contributed by atoms with Crippen molar-refractivity contribution in [2.75, 3.05) is 4.90 Å². The van der Waals surface area contributed by atoms with Crippen LogP contribution in [0.25, 0.3) is 6.08 Å². The van der Waals surface area contributed by atoms with E-state index in [1.54, 1.807) is 24.3 Å². The van der Waals surface area contributed by atoms with Crippen LogP contribution in [-0.2, 0) is 9.59 Å². The minimum atomic E-state index is -0.811. The van der Waals surface area contributed by atoms with Gasteiger partial charge in [-0.2, -0.15) is 0 Å². The Bertz CT molecular complexity index is 778. The van der Waals surface area contributed by atoms with Crippen LogP contribution in [0.1, 0.15) is 5.76 Å². The number of nitrogens with one attached hydrogen (secondary N) is 1. The molecule has 0 unspecified atom stereocenters. The van der Waals surface area contributed by atoms with Gasteiger partial charge in [0.25, 0.3) is 11.8 Å². The van der Waals surface area contributed by atoms with Crippen molar-refractivity contribution in [3.63, 3.8) is 0 Å². The van der Waals surface area contributed by atoms with Gasteiger partial charge in [-0.25, -0.2) is 9.69 Å². The van der Waals surface area contributed by atoms with Crippen LogP contribution in [0.2, 0.25) is 5.02 Å². The molecule has 0 atom stereocenters. The highest BCUT2D eigenvalue weighted by Gasteiger charge is 2.36. The van der Waals surface area contributed by atoms with Crippen LogP contribution in [0.15, 0.2) is 52.7 Å². The Morgan fingerprint density at radius 3 is 2.45 bits per heavy atom. The molecule has 0 saturated carbocycles. The molecule has 6 nitrogen and oxygen atoms in total. The van der Waals surface area contributed by atoms with Crippen molar-refractivity contribution in [3.8, 4) is 0 Å². The van der Waals surface area contributed by atoms with Crippen LogP contribution in [-0.4, -0.2) is 17.8 Å². The number of anilines is 1. The van der Waals surface area contributed by atoms with Crippen molar-refractivity contribution in [2.45, 2.75) is 0 Å². The number of hydrogen-bond donors (Lipinski definition) is 1. The molecule has 0 aliphatic carbocycles. The Kier molecular flexibility index (Phi) is 3.52.